The van der Waals surface area contributed by atoms with Crippen LogP contribution in [0.1, 0.15) is 45.1 Å². The minimum atomic E-state index is -3.35. The first-order chi connectivity index (χ1) is 14.7. The first-order valence-corrected chi connectivity index (χ1v) is 12.0. The quantitative estimate of drug-likeness (QED) is 0.147. The minimum Gasteiger partial charge on any atom is -0.462 e. The van der Waals surface area contributed by atoms with Crippen LogP contribution in [0.2, 0.25) is 0 Å². The Bertz CT molecular complexity index is 731. The number of benzene rings is 1. The van der Waals surface area contributed by atoms with Gasteiger partial charge in [-0.05, 0) is 45.1 Å². The van der Waals surface area contributed by atoms with Crippen LogP contribution in [0.15, 0.2) is 54.6 Å². The van der Waals surface area contributed by atoms with E-state index in [4.69, 9.17) is 18.5 Å². The van der Waals surface area contributed by atoms with Gasteiger partial charge in [-0.15, -0.1) is 0 Å². The van der Waals surface area contributed by atoms with E-state index in [1.165, 1.54) is 0 Å². The Morgan fingerprint density at radius 2 is 1.19 bits per heavy atom. The van der Waals surface area contributed by atoms with Gasteiger partial charge in [0.2, 0.25) is 0 Å². The molecule has 0 radical (unpaired) electrons. The van der Waals surface area contributed by atoms with E-state index in [2.05, 4.69) is 13.2 Å². The van der Waals surface area contributed by atoms with Crippen molar-refractivity contribution in [1.29, 1.82) is 0 Å². The fourth-order valence-corrected chi connectivity index (χ4v) is 4.06. The second-order valence-electron chi connectivity index (χ2n) is 7.17. The molecule has 0 aliphatic heterocycles. The fourth-order valence-electron chi connectivity index (χ4n) is 2.33. The van der Waals surface area contributed by atoms with Gasteiger partial charge in [-0.1, -0.05) is 43.5 Å². The molecule has 7 nitrogen and oxygen atoms in total. The second kappa shape index (κ2) is 14.7. The number of hydrogen-bond donors (Lipinski definition) is 0. The Labute approximate surface area is 184 Å². The normalized spacial score (nSPS) is 11.0. The predicted octanol–water partition coefficient (Wildman–Crippen LogP) is 5.21. The summed E-state index contributed by atoms with van der Waals surface area (Å²) in [7, 11) is -3.35. The minimum absolute atomic E-state index is 0.170. The van der Waals surface area contributed by atoms with Crippen LogP contribution < -0.4 is 0 Å². The van der Waals surface area contributed by atoms with E-state index in [0.717, 1.165) is 5.56 Å². The zero-order valence-corrected chi connectivity index (χ0v) is 19.4. The number of rotatable bonds is 16. The Kier molecular flexibility index (Phi) is 12.8. The Hall–Kier alpha value is -2.21. The molecule has 0 heterocycles. The third-order valence-electron chi connectivity index (χ3n) is 4.04. The highest BCUT2D eigenvalue weighted by atomic mass is 31.2. The van der Waals surface area contributed by atoms with Gasteiger partial charge < -0.3 is 18.5 Å². The van der Waals surface area contributed by atoms with Gasteiger partial charge in [0.05, 0.1) is 32.6 Å². The second-order valence-corrected chi connectivity index (χ2v) is 9.22. The highest BCUT2D eigenvalue weighted by Gasteiger charge is 2.25. The summed E-state index contributed by atoms with van der Waals surface area (Å²) in [6.07, 6.45) is 2.48. The molecule has 0 aromatic heterocycles. The van der Waals surface area contributed by atoms with Gasteiger partial charge in [0.15, 0.2) is 0 Å². The van der Waals surface area contributed by atoms with Gasteiger partial charge in [-0.3, -0.25) is 4.57 Å². The lowest BCUT2D eigenvalue weighted by Crippen LogP contribution is -2.08. The summed E-state index contributed by atoms with van der Waals surface area (Å²) >= 11 is 0. The molecular weight excluding hydrogens is 419 g/mol. The van der Waals surface area contributed by atoms with Crippen LogP contribution in [0, 0.1) is 0 Å². The summed E-state index contributed by atoms with van der Waals surface area (Å²) in [5.74, 6) is -0.846. The molecule has 1 aromatic rings. The smallest absolute Gasteiger partial charge is 0.335 e. The number of carbonyl (C=O) groups excluding carboxylic acids is 2. The van der Waals surface area contributed by atoms with E-state index in [-0.39, 0.29) is 32.6 Å². The highest BCUT2D eigenvalue weighted by molar-refractivity contribution is 7.53. The molecule has 0 saturated carbocycles. The first kappa shape index (κ1) is 26.8. The van der Waals surface area contributed by atoms with Crippen molar-refractivity contribution in [2.75, 3.05) is 26.4 Å². The van der Waals surface area contributed by atoms with Crippen LogP contribution in [0.3, 0.4) is 0 Å². The van der Waals surface area contributed by atoms with Gasteiger partial charge in [-0.25, -0.2) is 9.59 Å². The molecule has 8 heteroatoms. The van der Waals surface area contributed by atoms with E-state index in [9.17, 15) is 14.2 Å². The van der Waals surface area contributed by atoms with Crippen molar-refractivity contribution in [3.05, 3.63) is 60.2 Å². The molecule has 0 amide bonds. The number of hydrogen-bond acceptors (Lipinski definition) is 7. The lowest BCUT2D eigenvalue weighted by molar-refractivity contribution is -0.139. The summed E-state index contributed by atoms with van der Waals surface area (Å²) in [4.78, 5) is 22.7. The van der Waals surface area contributed by atoms with Crippen LogP contribution >= 0.6 is 7.60 Å². The van der Waals surface area contributed by atoms with Gasteiger partial charge in [0, 0.05) is 11.1 Å². The van der Waals surface area contributed by atoms with E-state index < -0.39 is 19.5 Å². The molecule has 0 unspecified atom stereocenters. The fraction of sp³-hybridized carbons (Fsp3) is 0.478. The van der Waals surface area contributed by atoms with E-state index in [0.29, 0.717) is 36.8 Å². The van der Waals surface area contributed by atoms with E-state index >= 15 is 0 Å². The monoisotopic (exact) mass is 452 g/mol. The third-order valence-corrected chi connectivity index (χ3v) is 5.94. The molecule has 0 bridgehead atoms. The van der Waals surface area contributed by atoms with E-state index in [1.54, 1.807) is 13.8 Å². The van der Waals surface area contributed by atoms with Gasteiger partial charge in [-0.2, -0.15) is 0 Å². The molecule has 172 valence electrons. The first-order valence-electron chi connectivity index (χ1n) is 10.3. The van der Waals surface area contributed by atoms with Crippen molar-refractivity contribution in [3.63, 3.8) is 0 Å². The summed E-state index contributed by atoms with van der Waals surface area (Å²) in [6, 6.07) is 9.35. The standard InChI is InChI=1S/C23H33O7P/c1-19(2)22(24)27-14-8-10-16-29-31(26,18-21-12-6-5-7-13-21)30-17-11-9-15-28-23(25)20(3)4/h5-7,12-13H,1,3,8-11,14-18H2,2,4H3. The van der Waals surface area contributed by atoms with Crippen molar-refractivity contribution in [2.45, 2.75) is 45.7 Å². The molecule has 1 rings (SSSR count). The summed E-state index contributed by atoms with van der Waals surface area (Å²) in [6.45, 7) is 11.2. The van der Waals surface area contributed by atoms with Crippen molar-refractivity contribution in [3.8, 4) is 0 Å². The third kappa shape index (κ3) is 12.3. The molecule has 0 saturated heterocycles. The summed E-state index contributed by atoms with van der Waals surface area (Å²) < 4.78 is 34.5. The van der Waals surface area contributed by atoms with Crippen LogP contribution in [0.5, 0.6) is 0 Å². The molecule has 0 aliphatic rings. The number of carbonyl (C=O) groups is 2. The van der Waals surface area contributed by atoms with Crippen molar-refractivity contribution < 1.29 is 32.7 Å². The largest absolute Gasteiger partial charge is 0.462 e. The zero-order chi connectivity index (χ0) is 23.1. The van der Waals surface area contributed by atoms with Crippen molar-refractivity contribution in [2.24, 2.45) is 0 Å². The van der Waals surface area contributed by atoms with Crippen LogP contribution in [-0.2, 0) is 38.8 Å². The van der Waals surface area contributed by atoms with Crippen LogP contribution in [0.4, 0.5) is 0 Å². The average molecular weight is 452 g/mol. The molecule has 31 heavy (non-hydrogen) atoms. The van der Waals surface area contributed by atoms with Crippen molar-refractivity contribution >= 4 is 19.5 Å². The Balaban J connectivity index is 2.42. The molecule has 0 N–H and O–H groups in total. The molecule has 0 spiro atoms. The number of esters is 2. The molecule has 0 atom stereocenters. The molecular formula is C23H33O7P. The highest BCUT2D eigenvalue weighted by Crippen LogP contribution is 2.51. The Morgan fingerprint density at radius 3 is 1.61 bits per heavy atom. The maximum absolute atomic E-state index is 13.2. The van der Waals surface area contributed by atoms with Crippen molar-refractivity contribution in [1.82, 2.24) is 0 Å². The summed E-state index contributed by atoms with van der Waals surface area (Å²) in [5.41, 5.74) is 1.56. The van der Waals surface area contributed by atoms with Gasteiger partial charge in [0.25, 0.3) is 0 Å². The molecule has 1 aromatic carbocycles. The number of unbranched alkanes of at least 4 members (excludes halogenated alkanes) is 2. The zero-order valence-electron chi connectivity index (χ0n) is 18.5. The topological polar surface area (TPSA) is 88.1 Å². The maximum Gasteiger partial charge on any atom is 0.335 e. The van der Waals surface area contributed by atoms with E-state index in [1.807, 2.05) is 30.3 Å². The molecule has 0 aliphatic carbocycles. The number of ether oxygens (including phenoxy) is 2. The molecule has 0 fully saturated rings. The maximum atomic E-state index is 13.2. The lowest BCUT2D eigenvalue weighted by Gasteiger charge is -2.19. The van der Waals surface area contributed by atoms with Crippen LogP contribution in [0.25, 0.3) is 0 Å². The predicted molar refractivity (Wildman–Crippen MR) is 120 cm³/mol. The lowest BCUT2D eigenvalue weighted by atomic mass is 10.2. The SMILES string of the molecule is C=C(C)C(=O)OCCCCOP(=O)(Cc1ccccc1)OCCCCOC(=O)C(=C)C. The average Bonchev–Trinajstić information content (AvgIpc) is 2.73. The van der Waals surface area contributed by atoms with Gasteiger partial charge in [0.1, 0.15) is 0 Å². The van der Waals surface area contributed by atoms with Gasteiger partial charge >= 0.3 is 19.5 Å². The Morgan fingerprint density at radius 1 is 0.774 bits per heavy atom. The van der Waals surface area contributed by atoms with Crippen LogP contribution in [-0.4, -0.2) is 38.4 Å². The summed E-state index contributed by atoms with van der Waals surface area (Å²) in [5, 5.41) is 0.